The van der Waals surface area contributed by atoms with Crippen molar-refractivity contribution >= 4 is 23.7 Å². The third-order valence-corrected chi connectivity index (χ3v) is 4.91. The summed E-state index contributed by atoms with van der Waals surface area (Å²) in [4.78, 5) is 50.4. The zero-order chi connectivity index (χ0) is 21.6. The lowest BCUT2D eigenvalue weighted by Gasteiger charge is -2.29. The number of carbonyl (C=O) groups is 4. The molecule has 1 rings (SSSR count). The summed E-state index contributed by atoms with van der Waals surface area (Å²) in [5, 5.41) is 14.1. The molecular formula is C19H34N4O5. The fourth-order valence-corrected chi connectivity index (χ4v) is 3.13. The highest BCUT2D eigenvalue weighted by atomic mass is 16.4. The van der Waals surface area contributed by atoms with Crippen LogP contribution >= 0.6 is 0 Å². The zero-order valence-electron chi connectivity index (χ0n) is 17.4. The number of amides is 3. The van der Waals surface area contributed by atoms with Crippen molar-refractivity contribution in [2.45, 2.75) is 78.0 Å². The summed E-state index contributed by atoms with van der Waals surface area (Å²) in [7, 11) is 0. The predicted molar refractivity (Wildman–Crippen MR) is 104 cm³/mol. The molecule has 0 saturated carbocycles. The molecular weight excluding hydrogens is 364 g/mol. The average molecular weight is 399 g/mol. The van der Waals surface area contributed by atoms with Gasteiger partial charge in [-0.05, 0) is 38.0 Å². The topological polar surface area (TPSA) is 142 Å². The van der Waals surface area contributed by atoms with E-state index in [4.69, 9.17) is 10.8 Å². The second-order valence-corrected chi connectivity index (χ2v) is 8.22. The van der Waals surface area contributed by atoms with Gasteiger partial charge in [-0.1, -0.05) is 27.7 Å². The summed E-state index contributed by atoms with van der Waals surface area (Å²) < 4.78 is 0. The molecule has 0 spiro atoms. The van der Waals surface area contributed by atoms with Gasteiger partial charge in [0, 0.05) is 6.54 Å². The minimum atomic E-state index is -1.15. The van der Waals surface area contributed by atoms with E-state index in [1.165, 1.54) is 11.8 Å². The Hall–Kier alpha value is -2.16. The van der Waals surface area contributed by atoms with E-state index in [-0.39, 0.29) is 17.7 Å². The Morgan fingerprint density at radius 1 is 1.11 bits per heavy atom. The Morgan fingerprint density at radius 3 is 2.21 bits per heavy atom. The molecule has 160 valence electrons. The van der Waals surface area contributed by atoms with Crippen LogP contribution in [-0.2, 0) is 19.2 Å². The number of likely N-dealkylation sites (tertiary alicyclic amines) is 1. The van der Waals surface area contributed by atoms with E-state index >= 15 is 0 Å². The highest BCUT2D eigenvalue weighted by Gasteiger charge is 2.38. The van der Waals surface area contributed by atoms with Gasteiger partial charge >= 0.3 is 5.97 Å². The number of nitrogens with two attached hydrogens (primary N) is 1. The predicted octanol–water partition coefficient (Wildman–Crippen LogP) is 0.0809. The van der Waals surface area contributed by atoms with Crippen LogP contribution in [0.3, 0.4) is 0 Å². The van der Waals surface area contributed by atoms with Crippen molar-refractivity contribution < 1.29 is 24.3 Å². The highest BCUT2D eigenvalue weighted by Crippen LogP contribution is 2.20. The Bertz CT molecular complexity index is 593. The largest absolute Gasteiger partial charge is 0.480 e. The fraction of sp³-hybridized carbons (Fsp3) is 0.789. The number of hydrogen-bond donors (Lipinski definition) is 4. The Kier molecular flexibility index (Phi) is 8.87. The van der Waals surface area contributed by atoms with Gasteiger partial charge in [0.2, 0.25) is 17.7 Å². The minimum Gasteiger partial charge on any atom is -0.480 e. The van der Waals surface area contributed by atoms with Crippen LogP contribution in [0.4, 0.5) is 0 Å². The number of hydrogen-bond acceptors (Lipinski definition) is 5. The molecule has 0 bridgehead atoms. The zero-order valence-corrected chi connectivity index (χ0v) is 17.4. The van der Waals surface area contributed by atoms with Crippen molar-refractivity contribution in [2.75, 3.05) is 6.54 Å². The first-order chi connectivity index (χ1) is 13.0. The van der Waals surface area contributed by atoms with E-state index in [0.717, 1.165) is 0 Å². The molecule has 1 aliphatic heterocycles. The molecule has 0 aromatic rings. The van der Waals surface area contributed by atoms with Crippen LogP contribution in [0.15, 0.2) is 0 Å². The van der Waals surface area contributed by atoms with Crippen LogP contribution in [0.25, 0.3) is 0 Å². The van der Waals surface area contributed by atoms with Crippen molar-refractivity contribution in [3.8, 4) is 0 Å². The molecule has 9 nitrogen and oxygen atoms in total. The van der Waals surface area contributed by atoms with E-state index < -0.39 is 42.0 Å². The normalized spacial score (nSPS) is 20.0. The molecule has 3 amide bonds. The molecule has 0 aliphatic carbocycles. The molecule has 1 saturated heterocycles. The van der Waals surface area contributed by atoms with Crippen LogP contribution in [0.1, 0.15) is 53.9 Å². The van der Waals surface area contributed by atoms with E-state index in [9.17, 15) is 19.2 Å². The van der Waals surface area contributed by atoms with Gasteiger partial charge in [0.15, 0.2) is 0 Å². The van der Waals surface area contributed by atoms with E-state index in [2.05, 4.69) is 10.6 Å². The molecule has 0 aromatic carbocycles. The Balaban J connectivity index is 2.87. The lowest BCUT2D eigenvalue weighted by atomic mass is 10.0. The van der Waals surface area contributed by atoms with Gasteiger partial charge in [-0.3, -0.25) is 19.2 Å². The monoisotopic (exact) mass is 398 g/mol. The van der Waals surface area contributed by atoms with Gasteiger partial charge in [-0.25, -0.2) is 0 Å². The van der Waals surface area contributed by atoms with Crippen molar-refractivity contribution in [3.63, 3.8) is 0 Å². The third kappa shape index (κ3) is 6.47. The maximum Gasteiger partial charge on any atom is 0.325 e. The lowest BCUT2D eigenvalue weighted by molar-refractivity contribution is -0.143. The summed E-state index contributed by atoms with van der Waals surface area (Å²) in [5.41, 5.74) is 5.96. The van der Waals surface area contributed by atoms with Crippen LogP contribution in [-0.4, -0.2) is 64.4 Å². The quantitative estimate of drug-likeness (QED) is 0.433. The molecule has 1 fully saturated rings. The molecule has 1 heterocycles. The van der Waals surface area contributed by atoms with E-state index in [1.54, 1.807) is 0 Å². The second kappa shape index (κ2) is 10.4. The Labute approximate surface area is 166 Å². The van der Waals surface area contributed by atoms with Gasteiger partial charge in [0.05, 0.1) is 6.04 Å². The highest BCUT2D eigenvalue weighted by molar-refractivity contribution is 5.94. The number of carbonyl (C=O) groups excluding carboxylic acids is 3. The molecule has 9 heteroatoms. The minimum absolute atomic E-state index is 0.0474. The SMILES string of the molecule is CC(C)CC(NC(=O)C1CCCN1C(=O)C(N)C(C)C)C(=O)NC(C)C(=O)O. The first-order valence-corrected chi connectivity index (χ1v) is 9.85. The maximum atomic E-state index is 12.8. The van der Waals surface area contributed by atoms with Crippen LogP contribution in [0.2, 0.25) is 0 Å². The van der Waals surface area contributed by atoms with Crippen molar-refractivity contribution in [2.24, 2.45) is 17.6 Å². The molecule has 28 heavy (non-hydrogen) atoms. The smallest absolute Gasteiger partial charge is 0.325 e. The molecule has 4 atom stereocenters. The van der Waals surface area contributed by atoms with Crippen molar-refractivity contribution in [1.82, 2.24) is 15.5 Å². The molecule has 0 aromatic heterocycles. The lowest BCUT2D eigenvalue weighted by Crippen LogP contribution is -2.57. The van der Waals surface area contributed by atoms with Gasteiger partial charge in [-0.2, -0.15) is 0 Å². The van der Waals surface area contributed by atoms with Gasteiger partial charge in [0.1, 0.15) is 18.1 Å². The van der Waals surface area contributed by atoms with Crippen molar-refractivity contribution in [3.05, 3.63) is 0 Å². The number of nitrogens with one attached hydrogen (secondary N) is 2. The summed E-state index contributed by atoms with van der Waals surface area (Å²) >= 11 is 0. The van der Waals surface area contributed by atoms with Crippen LogP contribution in [0, 0.1) is 11.8 Å². The average Bonchev–Trinajstić information content (AvgIpc) is 3.08. The number of nitrogens with zero attached hydrogens (tertiary/aromatic N) is 1. The summed E-state index contributed by atoms with van der Waals surface area (Å²) in [5.74, 6) is -2.33. The Morgan fingerprint density at radius 2 is 1.71 bits per heavy atom. The molecule has 5 N–H and O–H groups in total. The first kappa shape index (κ1) is 23.9. The van der Waals surface area contributed by atoms with Crippen LogP contribution in [0.5, 0.6) is 0 Å². The second-order valence-electron chi connectivity index (χ2n) is 8.22. The number of aliphatic carboxylic acids is 1. The fourth-order valence-electron chi connectivity index (χ4n) is 3.13. The number of rotatable bonds is 9. The van der Waals surface area contributed by atoms with Crippen LogP contribution < -0.4 is 16.4 Å². The maximum absolute atomic E-state index is 12.8. The first-order valence-electron chi connectivity index (χ1n) is 9.85. The number of carboxylic acid groups (broad SMARTS) is 1. The summed E-state index contributed by atoms with van der Waals surface area (Å²) in [6.45, 7) is 9.31. The summed E-state index contributed by atoms with van der Waals surface area (Å²) in [6, 6.07) is -3.28. The van der Waals surface area contributed by atoms with E-state index in [0.29, 0.717) is 25.8 Å². The molecule has 1 aliphatic rings. The summed E-state index contributed by atoms with van der Waals surface area (Å²) in [6.07, 6.45) is 1.55. The van der Waals surface area contributed by atoms with Crippen molar-refractivity contribution in [1.29, 1.82) is 0 Å². The molecule has 4 unspecified atom stereocenters. The molecule has 0 radical (unpaired) electrons. The van der Waals surface area contributed by atoms with E-state index in [1.807, 2.05) is 27.7 Å². The van der Waals surface area contributed by atoms with Gasteiger partial charge in [0.25, 0.3) is 0 Å². The third-order valence-electron chi connectivity index (χ3n) is 4.91. The van der Waals surface area contributed by atoms with Gasteiger partial charge in [-0.15, -0.1) is 0 Å². The standard InChI is InChI=1S/C19H34N4O5/c1-10(2)9-13(16(24)21-12(5)19(27)28)22-17(25)14-7-6-8-23(14)18(26)15(20)11(3)4/h10-15H,6-9,20H2,1-5H3,(H,21,24)(H,22,25)(H,27,28). The number of carboxylic acids is 1. The van der Waals surface area contributed by atoms with Gasteiger partial charge < -0.3 is 26.4 Å².